The van der Waals surface area contributed by atoms with Crippen molar-refractivity contribution < 1.29 is 4.79 Å². The second-order valence-corrected chi connectivity index (χ2v) is 5.77. The van der Waals surface area contributed by atoms with E-state index in [9.17, 15) is 4.79 Å². The van der Waals surface area contributed by atoms with Crippen LogP contribution in [0.1, 0.15) is 24.2 Å². The van der Waals surface area contributed by atoms with E-state index in [4.69, 9.17) is 11.6 Å². The maximum atomic E-state index is 12.4. The first-order chi connectivity index (χ1) is 10.5. The SMILES string of the molecule is CCN(CC)CCN=C1CN(C)C(=O)c2cc(Cl)ccc2N1. The van der Waals surface area contributed by atoms with Crippen LogP contribution in [0.2, 0.25) is 5.02 Å². The Labute approximate surface area is 137 Å². The van der Waals surface area contributed by atoms with E-state index in [0.717, 1.165) is 37.7 Å². The number of carbonyl (C=O) groups is 1. The van der Waals surface area contributed by atoms with E-state index in [1.165, 1.54) is 0 Å². The van der Waals surface area contributed by atoms with Gasteiger partial charge in [-0.1, -0.05) is 25.4 Å². The van der Waals surface area contributed by atoms with E-state index < -0.39 is 0 Å². The molecule has 1 amide bonds. The van der Waals surface area contributed by atoms with Crippen LogP contribution in [0.25, 0.3) is 0 Å². The van der Waals surface area contributed by atoms with Crippen LogP contribution in [0, 0.1) is 0 Å². The Morgan fingerprint density at radius 1 is 1.36 bits per heavy atom. The number of rotatable bonds is 5. The molecular formula is C16H23ClN4O. The van der Waals surface area contributed by atoms with Gasteiger partial charge in [-0.25, -0.2) is 0 Å². The van der Waals surface area contributed by atoms with Gasteiger partial charge < -0.3 is 15.1 Å². The van der Waals surface area contributed by atoms with Gasteiger partial charge in [-0.2, -0.15) is 0 Å². The average Bonchev–Trinajstić information content (AvgIpc) is 2.62. The predicted molar refractivity (Wildman–Crippen MR) is 92.1 cm³/mol. The summed E-state index contributed by atoms with van der Waals surface area (Å²) in [6.45, 7) is 8.45. The fourth-order valence-corrected chi connectivity index (χ4v) is 2.63. The van der Waals surface area contributed by atoms with Crippen LogP contribution < -0.4 is 5.32 Å². The standard InChI is InChI=1S/C16H23ClN4O/c1-4-21(5-2)9-8-18-15-11-20(3)16(22)13-10-12(17)6-7-14(13)19-15/h6-7,10H,4-5,8-9,11H2,1-3H3,(H,18,19). The van der Waals surface area contributed by atoms with Crippen LogP contribution in [-0.4, -0.2) is 61.3 Å². The van der Waals surface area contributed by atoms with Crippen molar-refractivity contribution in [1.29, 1.82) is 0 Å². The van der Waals surface area contributed by atoms with Crippen LogP contribution in [-0.2, 0) is 0 Å². The first-order valence-electron chi connectivity index (χ1n) is 7.62. The Balaban J connectivity index is 2.15. The number of anilines is 1. The highest BCUT2D eigenvalue weighted by Gasteiger charge is 2.22. The van der Waals surface area contributed by atoms with Gasteiger partial charge in [0.05, 0.1) is 24.3 Å². The molecule has 0 atom stereocenters. The maximum absolute atomic E-state index is 12.4. The third kappa shape index (κ3) is 3.99. The molecular weight excluding hydrogens is 300 g/mol. The number of halogens is 1. The molecule has 1 N–H and O–H groups in total. The minimum Gasteiger partial charge on any atom is -0.342 e. The second-order valence-electron chi connectivity index (χ2n) is 5.33. The first-order valence-corrected chi connectivity index (χ1v) is 8.00. The molecule has 0 unspecified atom stereocenters. The molecule has 0 aliphatic carbocycles. The molecule has 1 heterocycles. The Hall–Kier alpha value is -1.59. The van der Waals surface area contributed by atoms with E-state index >= 15 is 0 Å². The number of hydrogen-bond donors (Lipinski definition) is 1. The molecule has 0 fully saturated rings. The Kier molecular flexibility index (Phi) is 5.80. The number of amides is 1. The fourth-order valence-electron chi connectivity index (χ4n) is 2.46. The largest absolute Gasteiger partial charge is 0.342 e. The van der Waals surface area contributed by atoms with Gasteiger partial charge in [0.25, 0.3) is 5.91 Å². The molecule has 0 saturated heterocycles. The van der Waals surface area contributed by atoms with E-state index in [-0.39, 0.29) is 5.91 Å². The molecule has 5 nitrogen and oxygen atoms in total. The summed E-state index contributed by atoms with van der Waals surface area (Å²) in [5, 5.41) is 3.83. The van der Waals surface area contributed by atoms with Gasteiger partial charge in [-0.15, -0.1) is 0 Å². The van der Waals surface area contributed by atoms with Crippen LogP contribution in [0.4, 0.5) is 5.69 Å². The van der Waals surface area contributed by atoms with Crippen molar-refractivity contribution in [2.24, 2.45) is 4.99 Å². The van der Waals surface area contributed by atoms with E-state index in [0.29, 0.717) is 17.1 Å². The zero-order valence-corrected chi connectivity index (χ0v) is 14.2. The Bertz CT molecular complexity index is 569. The average molecular weight is 323 g/mol. The minimum atomic E-state index is -0.0426. The Morgan fingerprint density at radius 2 is 2.09 bits per heavy atom. The number of hydrogen-bond acceptors (Lipinski definition) is 3. The number of aliphatic imine (C=N–C) groups is 1. The molecule has 0 saturated carbocycles. The topological polar surface area (TPSA) is 47.9 Å². The molecule has 6 heteroatoms. The molecule has 2 rings (SSSR count). The summed E-state index contributed by atoms with van der Waals surface area (Å²) >= 11 is 6.00. The van der Waals surface area contributed by atoms with Crippen LogP contribution in [0.15, 0.2) is 23.2 Å². The molecule has 1 aromatic rings. The molecule has 22 heavy (non-hydrogen) atoms. The smallest absolute Gasteiger partial charge is 0.256 e. The lowest BCUT2D eigenvalue weighted by Crippen LogP contribution is -2.32. The second kappa shape index (κ2) is 7.61. The van der Waals surface area contributed by atoms with E-state index in [1.807, 2.05) is 6.07 Å². The van der Waals surface area contributed by atoms with Gasteiger partial charge in [0.2, 0.25) is 0 Å². The monoisotopic (exact) mass is 322 g/mol. The third-order valence-corrected chi connectivity index (χ3v) is 4.07. The highest BCUT2D eigenvalue weighted by molar-refractivity contribution is 6.31. The van der Waals surface area contributed by atoms with Crippen molar-refractivity contribution in [3.05, 3.63) is 28.8 Å². The van der Waals surface area contributed by atoms with Crippen molar-refractivity contribution in [3.63, 3.8) is 0 Å². The summed E-state index contributed by atoms with van der Waals surface area (Å²) in [6, 6.07) is 5.30. The molecule has 1 aliphatic heterocycles. The van der Waals surface area contributed by atoms with Crippen LogP contribution >= 0.6 is 11.6 Å². The van der Waals surface area contributed by atoms with Gasteiger partial charge in [-0.3, -0.25) is 9.79 Å². The lowest BCUT2D eigenvalue weighted by Gasteiger charge is -2.17. The van der Waals surface area contributed by atoms with Crippen molar-refractivity contribution in [3.8, 4) is 0 Å². The molecule has 0 spiro atoms. The number of amidine groups is 1. The highest BCUT2D eigenvalue weighted by Crippen LogP contribution is 2.24. The molecule has 1 aliphatic rings. The van der Waals surface area contributed by atoms with Crippen molar-refractivity contribution >= 4 is 29.0 Å². The molecule has 1 aromatic carbocycles. The first kappa shape index (κ1) is 16.8. The third-order valence-electron chi connectivity index (χ3n) is 3.84. The lowest BCUT2D eigenvalue weighted by molar-refractivity contribution is 0.0817. The summed E-state index contributed by atoms with van der Waals surface area (Å²) in [6.07, 6.45) is 0. The lowest BCUT2D eigenvalue weighted by atomic mass is 10.1. The van der Waals surface area contributed by atoms with Crippen LogP contribution in [0.3, 0.4) is 0 Å². The summed E-state index contributed by atoms with van der Waals surface area (Å²) in [7, 11) is 1.78. The minimum absolute atomic E-state index is 0.0426. The number of likely N-dealkylation sites (N-methyl/N-ethyl adjacent to an activating group) is 2. The summed E-state index contributed by atoms with van der Waals surface area (Å²) < 4.78 is 0. The summed E-state index contributed by atoms with van der Waals surface area (Å²) in [5.74, 6) is 0.767. The van der Waals surface area contributed by atoms with Gasteiger partial charge in [0, 0.05) is 18.6 Å². The highest BCUT2D eigenvalue weighted by atomic mass is 35.5. The fraction of sp³-hybridized carbons (Fsp3) is 0.500. The van der Waals surface area contributed by atoms with Gasteiger partial charge >= 0.3 is 0 Å². The van der Waals surface area contributed by atoms with Gasteiger partial charge in [0.15, 0.2) is 0 Å². The number of carbonyl (C=O) groups excluding carboxylic acids is 1. The summed E-state index contributed by atoms with van der Waals surface area (Å²) in [5.41, 5.74) is 1.35. The molecule has 0 radical (unpaired) electrons. The predicted octanol–water partition coefficient (Wildman–Crippen LogP) is 2.58. The molecule has 0 aromatic heterocycles. The number of nitrogens with one attached hydrogen (secondary N) is 1. The summed E-state index contributed by atoms with van der Waals surface area (Å²) in [4.78, 5) is 21.0. The van der Waals surface area contributed by atoms with Crippen molar-refractivity contribution in [2.75, 3.05) is 45.1 Å². The number of fused-ring (bicyclic) bond motifs is 1. The van der Waals surface area contributed by atoms with Crippen molar-refractivity contribution in [1.82, 2.24) is 9.80 Å². The van der Waals surface area contributed by atoms with Gasteiger partial charge in [0.1, 0.15) is 5.84 Å². The van der Waals surface area contributed by atoms with Crippen LogP contribution in [0.5, 0.6) is 0 Å². The Morgan fingerprint density at radius 3 is 2.77 bits per heavy atom. The quantitative estimate of drug-likeness (QED) is 0.906. The number of benzene rings is 1. The number of nitrogens with zero attached hydrogens (tertiary/aromatic N) is 3. The zero-order chi connectivity index (χ0) is 16.1. The molecule has 0 bridgehead atoms. The van der Waals surface area contributed by atoms with Crippen molar-refractivity contribution in [2.45, 2.75) is 13.8 Å². The normalized spacial score (nSPS) is 16.7. The zero-order valence-electron chi connectivity index (χ0n) is 13.4. The van der Waals surface area contributed by atoms with E-state index in [2.05, 4.69) is 29.1 Å². The maximum Gasteiger partial charge on any atom is 0.256 e. The van der Waals surface area contributed by atoms with E-state index in [1.54, 1.807) is 24.1 Å². The molecule has 120 valence electrons. The van der Waals surface area contributed by atoms with Gasteiger partial charge in [-0.05, 0) is 31.3 Å².